The molecule has 0 spiro atoms. The standard InChI is InChI=1S/C10H17N3O2/c14-10-12-3-9(15-10)6-13-4-7-1-11-2-8(7)5-13/h7-9,11H,1-6H2,(H,12,14). The molecule has 3 aliphatic rings. The fourth-order valence-corrected chi connectivity index (χ4v) is 2.92. The number of carbonyl (C=O) groups is 1. The number of carbonyl (C=O) groups excluding carboxylic acids is 1. The summed E-state index contributed by atoms with van der Waals surface area (Å²) in [6.45, 7) is 6.19. The summed E-state index contributed by atoms with van der Waals surface area (Å²) in [6.07, 6.45) is -0.203. The van der Waals surface area contributed by atoms with Gasteiger partial charge in [0.25, 0.3) is 0 Å². The van der Waals surface area contributed by atoms with Crippen LogP contribution in [0.1, 0.15) is 0 Å². The van der Waals surface area contributed by atoms with E-state index in [4.69, 9.17) is 4.74 Å². The number of rotatable bonds is 2. The minimum absolute atomic E-state index is 0.0595. The molecular formula is C10H17N3O2. The number of amides is 1. The minimum atomic E-state index is -0.263. The van der Waals surface area contributed by atoms with Crippen LogP contribution in [0.25, 0.3) is 0 Å². The Bertz CT molecular complexity index is 259. The lowest BCUT2D eigenvalue weighted by atomic mass is 10.0. The smallest absolute Gasteiger partial charge is 0.407 e. The maximum atomic E-state index is 10.9. The van der Waals surface area contributed by atoms with Gasteiger partial charge in [-0.25, -0.2) is 4.79 Å². The molecule has 1 amide bonds. The Balaban J connectivity index is 1.51. The van der Waals surface area contributed by atoms with Crippen molar-refractivity contribution in [1.82, 2.24) is 15.5 Å². The van der Waals surface area contributed by atoms with Gasteiger partial charge in [-0.1, -0.05) is 0 Å². The van der Waals surface area contributed by atoms with Crippen LogP contribution in [-0.2, 0) is 4.74 Å². The highest BCUT2D eigenvalue weighted by Gasteiger charge is 2.37. The molecule has 5 nitrogen and oxygen atoms in total. The molecule has 0 bridgehead atoms. The molecular weight excluding hydrogens is 194 g/mol. The van der Waals surface area contributed by atoms with Gasteiger partial charge < -0.3 is 15.4 Å². The van der Waals surface area contributed by atoms with E-state index in [1.807, 2.05) is 0 Å². The van der Waals surface area contributed by atoms with E-state index in [0.717, 1.165) is 44.6 Å². The zero-order chi connectivity index (χ0) is 10.3. The monoisotopic (exact) mass is 211 g/mol. The van der Waals surface area contributed by atoms with Gasteiger partial charge >= 0.3 is 6.09 Å². The number of nitrogens with one attached hydrogen (secondary N) is 2. The number of nitrogens with zero attached hydrogens (tertiary/aromatic N) is 1. The zero-order valence-corrected chi connectivity index (χ0v) is 8.74. The van der Waals surface area contributed by atoms with Crippen LogP contribution in [0.2, 0.25) is 0 Å². The van der Waals surface area contributed by atoms with E-state index in [-0.39, 0.29) is 12.2 Å². The maximum Gasteiger partial charge on any atom is 0.407 e. The van der Waals surface area contributed by atoms with E-state index >= 15 is 0 Å². The zero-order valence-electron chi connectivity index (χ0n) is 8.74. The van der Waals surface area contributed by atoms with Crippen molar-refractivity contribution in [3.8, 4) is 0 Å². The van der Waals surface area contributed by atoms with Gasteiger partial charge in [0.05, 0.1) is 6.54 Å². The second-order valence-electron chi connectivity index (χ2n) is 4.81. The van der Waals surface area contributed by atoms with Crippen molar-refractivity contribution in [1.29, 1.82) is 0 Å². The first-order chi connectivity index (χ1) is 7.31. The van der Waals surface area contributed by atoms with Crippen molar-refractivity contribution >= 4 is 6.09 Å². The molecule has 3 heterocycles. The van der Waals surface area contributed by atoms with Gasteiger partial charge in [0, 0.05) is 19.6 Å². The SMILES string of the molecule is O=C1NCC(CN2CC3CNCC3C2)O1. The normalized spacial score (nSPS) is 40.3. The average molecular weight is 211 g/mol. The van der Waals surface area contributed by atoms with Crippen molar-refractivity contribution in [2.24, 2.45) is 11.8 Å². The van der Waals surface area contributed by atoms with Crippen molar-refractivity contribution in [3.63, 3.8) is 0 Å². The predicted octanol–water partition coefficient (Wildman–Crippen LogP) is -0.754. The topological polar surface area (TPSA) is 53.6 Å². The molecule has 3 unspecified atom stereocenters. The van der Waals surface area contributed by atoms with Gasteiger partial charge in [-0.15, -0.1) is 0 Å². The number of ether oxygens (including phenoxy) is 1. The number of likely N-dealkylation sites (tertiary alicyclic amines) is 1. The molecule has 15 heavy (non-hydrogen) atoms. The van der Waals surface area contributed by atoms with Gasteiger partial charge in [0.15, 0.2) is 0 Å². The molecule has 5 heteroatoms. The van der Waals surface area contributed by atoms with Gasteiger partial charge in [0.1, 0.15) is 6.10 Å². The Hall–Kier alpha value is -0.810. The van der Waals surface area contributed by atoms with Crippen LogP contribution in [0.3, 0.4) is 0 Å². The number of cyclic esters (lactones) is 1. The second kappa shape index (κ2) is 3.64. The molecule has 3 rings (SSSR count). The van der Waals surface area contributed by atoms with E-state index in [1.165, 1.54) is 0 Å². The summed E-state index contributed by atoms with van der Waals surface area (Å²) in [6, 6.07) is 0. The van der Waals surface area contributed by atoms with E-state index in [1.54, 1.807) is 0 Å². The largest absolute Gasteiger partial charge is 0.443 e. The second-order valence-corrected chi connectivity index (χ2v) is 4.81. The average Bonchev–Trinajstić information content (AvgIpc) is 2.81. The Morgan fingerprint density at radius 1 is 1.27 bits per heavy atom. The minimum Gasteiger partial charge on any atom is -0.443 e. The van der Waals surface area contributed by atoms with E-state index in [2.05, 4.69) is 15.5 Å². The van der Waals surface area contributed by atoms with Crippen molar-refractivity contribution in [2.75, 3.05) is 39.3 Å². The van der Waals surface area contributed by atoms with E-state index in [0.29, 0.717) is 6.54 Å². The number of alkyl carbamates (subject to hydrolysis) is 1. The lowest BCUT2D eigenvalue weighted by Gasteiger charge is -2.19. The molecule has 3 saturated heterocycles. The van der Waals surface area contributed by atoms with Gasteiger partial charge in [-0.3, -0.25) is 4.90 Å². The van der Waals surface area contributed by atoms with Crippen molar-refractivity contribution < 1.29 is 9.53 Å². The summed E-state index contributed by atoms with van der Waals surface area (Å²) in [7, 11) is 0. The summed E-state index contributed by atoms with van der Waals surface area (Å²) in [5.41, 5.74) is 0. The first-order valence-corrected chi connectivity index (χ1v) is 5.69. The Kier molecular flexibility index (Phi) is 2.29. The molecule has 0 saturated carbocycles. The maximum absolute atomic E-state index is 10.9. The summed E-state index contributed by atoms with van der Waals surface area (Å²) >= 11 is 0. The highest BCUT2D eigenvalue weighted by Crippen LogP contribution is 2.26. The third-order valence-electron chi connectivity index (χ3n) is 3.67. The third kappa shape index (κ3) is 1.81. The summed E-state index contributed by atoms with van der Waals surface area (Å²) in [4.78, 5) is 13.3. The fraction of sp³-hybridized carbons (Fsp3) is 0.900. The number of hydrogen-bond donors (Lipinski definition) is 2. The van der Waals surface area contributed by atoms with Crippen LogP contribution in [0.15, 0.2) is 0 Å². The van der Waals surface area contributed by atoms with E-state index in [9.17, 15) is 4.79 Å². The van der Waals surface area contributed by atoms with Crippen molar-refractivity contribution in [2.45, 2.75) is 6.10 Å². The summed E-state index contributed by atoms with van der Waals surface area (Å²) < 4.78 is 5.14. The number of fused-ring (bicyclic) bond motifs is 1. The van der Waals surface area contributed by atoms with Crippen LogP contribution < -0.4 is 10.6 Å². The van der Waals surface area contributed by atoms with Gasteiger partial charge in [-0.05, 0) is 24.9 Å². The number of hydrogen-bond acceptors (Lipinski definition) is 4. The molecule has 3 aliphatic heterocycles. The van der Waals surface area contributed by atoms with Crippen LogP contribution in [0, 0.1) is 11.8 Å². The molecule has 2 N–H and O–H groups in total. The lowest BCUT2D eigenvalue weighted by Crippen LogP contribution is -2.34. The van der Waals surface area contributed by atoms with Crippen LogP contribution in [0.4, 0.5) is 4.79 Å². The third-order valence-corrected chi connectivity index (χ3v) is 3.67. The Morgan fingerprint density at radius 3 is 2.60 bits per heavy atom. The summed E-state index contributed by atoms with van der Waals surface area (Å²) in [5.74, 6) is 1.63. The molecule has 0 aromatic carbocycles. The van der Waals surface area contributed by atoms with Crippen LogP contribution >= 0.6 is 0 Å². The first-order valence-electron chi connectivity index (χ1n) is 5.69. The van der Waals surface area contributed by atoms with Crippen LogP contribution in [-0.4, -0.2) is 56.4 Å². The molecule has 0 aliphatic carbocycles. The highest BCUT2D eigenvalue weighted by atomic mass is 16.6. The van der Waals surface area contributed by atoms with Gasteiger partial charge in [0.2, 0.25) is 0 Å². The highest BCUT2D eigenvalue weighted by molar-refractivity contribution is 5.69. The molecule has 3 atom stereocenters. The Morgan fingerprint density at radius 2 is 2.00 bits per heavy atom. The summed E-state index contributed by atoms with van der Waals surface area (Å²) in [5, 5.41) is 6.11. The lowest BCUT2D eigenvalue weighted by molar-refractivity contribution is 0.114. The van der Waals surface area contributed by atoms with Crippen LogP contribution in [0.5, 0.6) is 0 Å². The quantitative estimate of drug-likeness (QED) is 0.631. The first kappa shape index (κ1) is 9.42. The van der Waals surface area contributed by atoms with Gasteiger partial charge in [-0.2, -0.15) is 0 Å². The predicted molar refractivity (Wildman–Crippen MR) is 54.6 cm³/mol. The van der Waals surface area contributed by atoms with E-state index < -0.39 is 0 Å². The Labute approximate surface area is 89.1 Å². The fourth-order valence-electron chi connectivity index (χ4n) is 2.92. The molecule has 0 aromatic rings. The molecule has 84 valence electrons. The molecule has 0 aromatic heterocycles. The molecule has 3 fully saturated rings. The molecule has 0 radical (unpaired) electrons. The van der Waals surface area contributed by atoms with Crippen molar-refractivity contribution in [3.05, 3.63) is 0 Å².